The van der Waals surface area contributed by atoms with Crippen LogP contribution >= 0.6 is 12.6 Å². The molecule has 0 aromatic heterocycles. The van der Waals surface area contributed by atoms with Crippen molar-refractivity contribution >= 4 is 83.7 Å². The van der Waals surface area contributed by atoms with Gasteiger partial charge < -0.3 is 88.8 Å². The first-order valence-corrected chi connectivity index (χ1v) is 20.3. The summed E-state index contributed by atoms with van der Waals surface area (Å²) < 4.78 is 58.9. The van der Waals surface area contributed by atoms with E-state index in [9.17, 15) is 38.4 Å². The van der Waals surface area contributed by atoms with Crippen LogP contribution in [-0.4, -0.2) is 145 Å². The number of carbonyl (C=O) groups is 8. The molecule has 0 bridgehead atoms. The van der Waals surface area contributed by atoms with Crippen molar-refractivity contribution in [3.8, 4) is 0 Å². The Kier molecular flexibility index (Phi) is 22.0. The smallest absolute Gasteiger partial charge is 0.244 e. The van der Waals surface area contributed by atoms with Crippen LogP contribution in [0.15, 0.2) is 20.0 Å². The zero-order valence-electron chi connectivity index (χ0n) is 42.8. The fraction of sp³-hybridized carbons (Fsp3) is 0.657. The third-order valence-electron chi connectivity index (χ3n) is 8.24. The quantitative estimate of drug-likeness (QED) is 0.0133. The van der Waals surface area contributed by atoms with Gasteiger partial charge in [-0.3, -0.25) is 58.3 Å². The Labute approximate surface area is 386 Å². The van der Waals surface area contributed by atoms with E-state index in [1.54, 1.807) is 0 Å². The van der Waals surface area contributed by atoms with Crippen LogP contribution in [0.25, 0.3) is 0 Å². The molecule has 64 heavy (non-hydrogen) atoms. The highest BCUT2D eigenvalue weighted by Gasteiger charge is 2.32. The van der Waals surface area contributed by atoms with Gasteiger partial charge in [-0.2, -0.15) is 12.6 Å². The van der Waals surface area contributed by atoms with Crippen molar-refractivity contribution in [3.05, 3.63) is 0 Å². The maximum absolute atomic E-state index is 14.5. The number of hydrogen-bond acceptors (Lipinski definition) is 13. The number of thiol groups is 1. The molecule has 0 aromatic rings. The van der Waals surface area contributed by atoms with Gasteiger partial charge in [-0.15, -0.1) is 0 Å². The van der Waals surface area contributed by atoms with Gasteiger partial charge in [0.1, 0.15) is 42.3 Å². The molecule has 7 atom stereocenters. The van der Waals surface area contributed by atoms with Crippen molar-refractivity contribution in [1.29, 1.82) is 0 Å². The van der Waals surface area contributed by atoms with Gasteiger partial charge >= 0.3 is 0 Å². The summed E-state index contributed by atoms with van der Waals surface area (Å²) in [6.07, 6.45) is -1.78. The van der Waals surface area contributed by atoms with E-state index < -0.39 is 121 Å². The van der Waals surface area contributed by atoms with Crippen LogP contribution in [0.5, 0.6) is 0 Å². The number of nitrogens with one attached hydrogen (secondary N) is 7. The summed E-state index contributed by atoms with van der Waals surface area (Å²) in [6.45, 7) is 0.666. The Morgan fingerprint density at radius 1 is 0.469 bits per heavy atom. The van der Waals surface area contributed by atoms with Crippen molar-refractivity contribution in [2.45, 2.75) is 114 Å². The van der Waals surface area contributed by atoms with E-state index in [-0.39, 0.29) is 114 Å². The predicted molar refractivity (Wildman–Crippen MR) is 243 cm³/mol. The van der Waals surface area contributed by atoms with E-state index >= 15 is 0 Å². The number of hydrogen-bond donors (Lipinski definition) is 17. The van der Waals surface area contributed by atoms with Crippen LogP contribution in [0.3, 0.4) is 0 Å². The van der Waals surface area contributed by atoms with Crippen LogP contribution in [0.2, 0.25) is 8.47 Å². The standard InChI is InChI=1S/C35H68N20O8S/c1-17(26(58)52-20(25(36)57)8-4-12-45-32(37)38)49-28(60)21(9-5-13-46-33(39)40)54-30(62)23(11-7-15-48-35(43)44)55-29(61)22(10-6-14-47-34(41)42)53-27(59)18(2)50-31(63)24(16-64)51-19(3)56/h17-18,20-24,64H,4-16H2,1-3H3,(H2,36,57)(H,49,60)(H,50,63)(H,51,56)(H,52,58)(H,53,59)(H,54,62)(H,55,61)(H4,37,38,45)(H4,39,40,46)(H4,41,42,47)(H4,43,44,48)/t17-,18-,20-,21-,22-,23-,24-/m0/s1/i3D/hD6. The molecule has 0 unspecified atom stereocenters. The van der Waals surface area contributed by atoms with Gasteiger partial charge in [0.25, 0.3) is 0 Å². The summed E-state index contributed by atoms with van der Waals surface area (Å²) >= 11 is 3.94. The van der Waals surface area contributed by atoms with E-state index in [1.807, 2.05) is 0 Å². The van der Waals surface area contributed by atoms with Crippen LogP contribution in [0, 0.1) is 0 Å². The van der Waals surface area contributed by atoms with Crippen molar-refractivity contribution in [2.75, 3.05) is 31.9 Å². The molecular formula is C35H68N20O8S. The second kappa shape index (κ2) is 31.1. The Bertz CT molecular complexity index is 1950. The molecule has 0 aliphatic rings. The summed E-state index contributed by atoms with van der Waals surface area (Å²) in [5, 5.41) is 2.76. The topological polar surface area (TPSA) is 504 Å². The van der Waals surface area contributed by atoms with Crippen molar-refractivity contribution in [1.82, 2.24) is 37.2 Å². The number of nitrogens with two attached hydrogens (primary N) is 9. The van der Waals surface area contributed by atoms with Crippen LogP contribution in [0.4, 0.5) is 0 Å². The van der Waals surface area contributed by atoms with Gasteiger partial charge in [-0.05, 0) is 65.2 Å². The first-order valence-electron chi connectivity index (χ1n) is 23.1. The Morgan fingerprint density at radius 2 is 0.781 bits per heavy atom. The van der Waals surface area contributed by atoms with Gasteiger partial charge in [0.05, 0.1) is 0 Å². The third kappa shape index (κ3) is 25.8. The number of guanidine groups is 4. The van der Waals surface area contributed by atoms with E-state index in [0.29, 0.717) is 0 Å². The third-order valence-corrected chi connectivity index (χ3v) is 8.58. The molecule has 0 fully saturated rings. The van der Waals surface area contributed by atoms with Crippen molar-refractivity contribution in [3.63, 3.8) is 0 Å². The lowest BCUT2D eigenvalue weighted by atomic mass is 10.0. The van der Waals surface area contributed by atoms with Crippen molar-refractivity contribution < 1.29 is 48.2 Å². The van der Waals surface area contributed by atoms with E-state index in [0.717, 1.165) is 13.8 Å². The number of carbonyl (C=O) groups excluding carboxylic acids is 8. The Morgan fingerprint density at radius 3 is 1.11 bits per heavy atom. The summed E-state index contributed by atoms with van der Waals surface area (Å²) in [7, 11) is 0. The molecule has 0 spiro atoms. The second-order valence-electron chi connectivity index (χ2n) is 13.7. The largest absolute Gasteiger partial charge is 0.370 e. The van der Waals surface area contributed by atoms with Crippen molar-refractivity contribution in [2.24, 2.45) is 71.6 Å². The van der Waals surface area contributed by atoms with Crippen LogP contribution in [0.1, 0.15) is 73.5 Å². The predicted octanol–water partition coefficient (Wildman–Crippen LogP) is -7.93. The first-order chi connectivity index (χ1) is 33.1. The highest BCUT2D eigenvalue weighted by atomic mass is 32.1. The molecule has 0 heterocycles. The number of rotatable bonds is 31. The average Bonchev–Trinajstić information content (AvgIpc) is 3.31. The number of amides is 8. The molecule has 0 aliphatic carbocycles. The lowest BCUT2D eigenvalue weighted by Crippen LogP contribution is -2.59. The lowest BCUT2D eigenvalue weighted by molar-refractivity contribution is -0.135. The number of aliphatic imine (C=N–C) groups is 4. The monoisotopic (exact) mass is 936 g/mol. The Hall–Kier alpha value is -6.81. The van der Waals surface area contributed by atoms with Crippen LogP contribution in [-0.2, 0) is 38.4 Å². The maximum atomic E-state index is 14.5. The molecule has 28 nitrogen and oxygen atoms in total. The van der Waals surface area contributed by atoms with E-state index in [2.05, 4.69) is 37.9 Å². The summed E-state index contributed by atoms with van der Waals surface area (Å²) in [5.41, 5.74) is 48.6. The molecular weight excluding hydrogens is 861 g/mol. The zero-order valence-corrected chi connectivity index (χ0v) is 36.7. The van der Waals surface area contributed by atoms with Gasteiger partial charge in [0.15, 0.2) is 32.3 Å². The molecule has 8 amide bonds. The SMILES string of the molecule is [2H]CC(=O)N([2H])[C@@H](CS)C(=O)N([2H])[C@@H](C)C(=O)N([2H])[C@@H](CCCN=C(N)N)C(=O)N([2H])[C@@H](CCCN=C(N)N)C(=O)N([2H])[C@@H](CCCN=C(N)N)C(=O)N([2H])[C@@H](C)C(=O)N[C@@H](CCCN=C(N)N)C(N)=O. The number of nitrogens with zero attached hydrogens (tertiary/aromatic N) is 4. The molecule has 0 rings (SSSR count). The summed E-state index contributed by atoms with van der Waals surface area (Å²) in [4.78, 5) is 123. The maximum Gasteiger partial charge on any atom is 0.244 e. The summed E-state index contributed by atoms with van der Waals surface area (Å²) in [5.74, 6) is -11.9. The lowest BCUT2D eigenvalue weighted by Gasteiger charge is -2.27. The normalized spacial score (nSPS) is 15.3. The zero-order chi connectivity index (χ0) is 54.9. The fourth-order valence-corrected chi connectivity index (χ4v) is 5.28. The van der Waals surface area contributed by atoms with Gasteiger partial charge in [0, 0.05) is 40.2 Å². The molecule has 0 aliphatic heterocycles. The minimum absolute atomic E-state index is 0.0363. The highest BCUT2D eigenvalue weighted by Crippen LogP contribution is 2.08. The fourth-order valence-electron chi connectivity index (χ4n) is 5.05. The van der Waals surface area contributed by atoms with E-state index in [1.165, 1.54) is 0 Å². The first kappa shape index (κ1) is 45.2. The van der Waals surface area contributed by atoms with Gasteiger partial charge in [-0.25, -0.2) is 0 Å². The van der Waals surface area contributed by atoms with Gasteiger partial charge in [-0.1, -0.05) is 0 Å². The molecule has 0 aromatic carbocycles. The summed E-state index contributed by atoms with van der Waals surface area (Å²) in [6, 6.07) is -12.7. The Balaban J connectivity index is 7.23. The minimum Gasteiger partial charge on any atom is -0.370 e. The average molecular weight is 936 g/mol. The van der Waals surface area contributed by atoms with Gasteiger partial charge in [0.2, 0.25) is 47.3 Å². The molecule has 0 radical (unpaired) electrons. The van der Waals surface area contributed by atoms with E-state index in [4.69, 9.17) is 61.4 Å². The minimum atomic E-state index is -2.04. The molecule has 25 N–H and O–H groups in total. The molecule has 362 valence electrons. The molecule has 0 saturated carbocycles. The molecule has 29 heteroatoms. The molecule has 0 saturated heterocycles. The highest BCUT2D eigenvalue weighted by molar-refractivity contribution is 7.80. The second-order valence-corrected chi connectivity index (χ2v) is 14.1. The number of primary amides is 1. The van der Waals surface area contributed by atoms with Crippen LogP contribution < -0.4 is 88.8 Å².